The number of hydrogen-bond donors (Lipinski definition) is 3. The van der Waals surface area contributed by atoms with E-state index in [0.29, 0.717) is 23.6 Å². The van der Waals surface area contributed by atoms with Gasteiger partial charge in [0.25, 0.3) is 5.91 Å². The van der Waals surface area contributed by atoms with Crippen molar-refractivity contribution in [2.75, 3.05) is 18.9 Å². The van der Waals surface area contributed by atoms with Crippen LogP contribution in [0.15, 0.2) is 48.7 Å². The summed E-state index contributed by atoms with van der Waals surface area (Å²) >= 11 is 0. The van der Waals surface area contributed by atoms with Gasteiger partial charge < -0.3 is 15.2 Å². The largest absolute Gasteiger partial charge is 0.339 e. The number of rotatable bonds is 6. The number of nitrogens with one attached hydrogen (secondary N) is 2. The summed E-state index contributed by atoms with van der Waals surface area (Å²) in [6.07, 6.45) is 1.27. The second-order valence-corrected chi connectivity index (χ2v) is 11.1. The quantitative estimate of drug-likeness (QED) is 0.314. The highest BCUT2D eigenvalue weighted by Crippen LogP contribution is 2.38. The van der Waals surface area contributed by atoms with E-state index >= 15 is 0 Å². The molecule has 8 nitrogen and oxygen atoms in total. The molecule has 3 N–H and O–H groups in total. The summed E-state index contributed by atoms with van der Waals surface area (Å²) in [5, 5.41) is 15.9. The van der Waals surface area contributed by atoms with Crippen molar-refractivity contribution < 1.29 is 28.3 Å². The van der Waals surface area contributed by atoms with Gasteiger partial charge in [-0.25, -0.2) is 8.78 Å². The Morgan fingerprint density at radius 2 is 1.75 bits per heavy atom. The van der Waals surface area contributed by atoms with Gasteiger partial charge in [-0.15, -0.1) is 0 Å². The highest BCUT2D eigenvalue weighted by molar-refractivity contribution is 6.01. The van der Waals surface area contributed by atoms with Crippen molar-refractivity contribution in [3.8, 4) is 11.1 Å². The van der Waals surface area contributed by atoms with Gasteiger partial charge >= 0.3 is 0 Å². The van der Waals surface area contributed by atoms with E-state index in [9.17, 15) is 23.6 Å². The number of carbonyl (C=O) groups is 2. The van der Waals surface area contributed by atoms with Crippen LogP contribution in [-0.4, -0.2) is 52.0 Å². The van der Waals surface area contributed by atoms with Crippen LogP contribution in [0.25, 0.3) is 11.1 Å². The molecule has 1 aromatic carbocycles. The van der Waals surface area contributed by atoms with Gasteiger partial charge in [0.2, 0.25) is 23.7 Å². The van der Waals surface area contributed by atoms with Gasteiger partial charge in [0.05, 0.1) is 5.56 Å². The molecule has 2 aliphatic rings. The molecule has 1 saturated carbocycles. The molecule has 1 unspecified atom stereocenters. The molecular formula is C30H36F2N5O3+. The number of carbonyl (C=O) groups excluding carboxylic acids is 2. The molecule has 1 aliphatic carbocycles. The lowest BCUT2D eigenvalue weighted by atomic mass is 9.81. The number of nitrogens with zero attached hydrogens (tertiary/aromatic N) is 3. The molecule has 3 aromatic rings. The first kappa shape index (κ1) is 27.8. The van der Waals surface area contributed by atoms with Gasteiger partial charge in [0.15, 0.2) is 0 Å². The summed E-state index contributed by atoms with van der Waals surface area (Å²) in [7, 11) is 2.02. The van der Waals surface area contributed by atoms with Gasteiger partial charge in [-0.1, -0.05) is 12.1 Å². The summed E-state index contributed by atoms with van der Waals surface area (Å²) in [6, 6.07) is 11.8. The maximum atomic E-state index is 13.9. The van der Waals surface area contributed by atoms with E-state index in [1.54, 1.807) is 24.4 Å². The molecule has 212 valence electrons. The normalized spacial score (nSPS) is 18.1. The molecule has 0 spiro atoms. The summed E-state index contributed by atoms with van der Waals surface area (Å²) in [4.78, 5) is 29.1. The van der Waals surface area contributed by atoms with E-state index in [4.69, 9.17) is 0 Å². The number of pyridine rings is 1. The summed E-state index contributed by atoms with van der Waals surface area (Å²) in [6.45, 7) is 5.97. The number of benzene rings is 1. The topological polar surface area (TPSA) is 90.5 Å². The predicted molar refractivity (Wildman–Crippen MR) is 146 cm³/mol. The van der Waals surface area contributed by atoms with Gasteiger partial charge in [-0.05, 0) is 68.1 Å². The van der Waals surface area contributed by atoms with E-state index < -0.39 is 23.8 Å². The van der Waals surface area contributed by atoms with Gasteiger partial charge in [0.1, 0.15) is 11.7 Å². The van der Waals surface area contributed by atoms with Crippen molar-refractivity contribution in [1.82, 2.24) is 14.8 Å². The number of alkyl halides is 2. The first-order valence-electron chi connectivity index (χ1n) is 13.7. The van der Waals surface area contributed by atoms with Crippen molar-refractivity contribution in [2.45, 2.75) is 64.6 Å². The third-order valence-corrected chi connectivity index (χ3v) is 8.25. The molecule has 1 atom stereocenters. The van der Waals surface area contributed by atoms with Crippen molar-refractivity contribution in [2.24, 2.45) is 5.92 Å². The van der Waals surface area contributed by atoms with Crippen LogP contribution in [0.2, 0.25) is 0 Å². The predicted octanol–water partition coefficient (Wildman–Crippen LogP) is 4.30. The second-order valence-electron chi connectivity index (χ2n) is 11.1. The molecule has 0 radical (unpaired) electrons. The van der Waals surface area contributed by atoms with Crippen LogP contribution >= 0.6 is 0 Å². The second kappa shape index (κ2) is 11.0. The number of likely N-dealkylation sites (N-methyl/N-ethyl adjacent to an activating group) is 1. The molecule has 2 amide bonds. The maximum absolute atomic E-state index is 13.9. The molecule has 1 aliphatic heterocycles. The number of anilines is 1. The fraction of sp³-hybridized carbons (Fsp3) is 0.433. The van der Waals surface area contributed by atoms with E-state index in [0.717, 1.165) is 40.2 Å². The molecule has 40 heavy (non-hydrogen) atoms. The van der Waals surface area contributed by atoms with Crippen LogP contribution in [0.1, 0.15) is 53.1 Å². The Balaban J connectivity index is 1.35. The average molecular weight is 553 g/mol. The Labute approximate surface area is 232 Å². The Morgan fingerprint density at radius 3 is 2.45 bits per heavy atom. The van der Waals surface area contributed by atoms with Gasteiger partial charge in [0, 0.05) is 61.6 Å². The number of hydrogen-bond acceptors (Lipinski definition) is 4. The smallest absolute Gasteiger partial charge is 0.268 e. The van der Waals surface area contributed by atoms with E-state index in [1.807, 2.05) is 49.7 Å². The third-order valence-electron chi connectivity index (χ3n) is 8.25. The van der Waals surface area contributed by atoms with Crippen LogP contribution in [-0.2, 0) is 17.9 Å². The van der Waals surface area contributed by atoms with Gasteiger partial charge in [-0.2, -0.15) is 0 Å². The minimum atomic E-state index is -2.75. The standard InChI is InChI=1S/C30H35F2N5O3/c1-19-12-15-37(40)20(2)26(19)21-4-6-23(7-5-21)33-29(39)27(22-10-13-30(31,32)14-11-22)34-28(38)25-9-8-24-18-35(3)16-17-36(24)25/h4-9,12,15,22,27H,10-11,13-14,16-18H2,1-3H3,(H2-,33,34,38,39,40)/p+1. The zero-order chi connectivity index (χ0) is 28.6. The third kappa shape index (κ3) is 5.72. The van der Waals surface area contributed by atoms with Crippen LogP contribution in [0.3, 0.4) is 0 Å². The fourth-order valence-corrected chi connectivity index (χ4v) is 5.90. The Hall–Kier alpha value is -3.79. The molecule has 0 bridgehead atoms. The SMILES string of the molecule is Cc1cc[n+](O)c(C)c1-c1ccc(NC(=O)C(NC(=O)c2ccc3n2CCN(C)C3)C2CCC(F)(F)CC2)cc1. The minimum Gasteiger partial charge on any atom is -0.339 e. The number of halogens is 2. The maximum Gasteiger partial charge on any atom is 0.268 e. The highest BCUT2D eigenvalue weighted by atomic mass is 19.3. The first-order chi connectivity index (χ1) is 19.0. The lowest BCUT2D eigenvalue weighted by Crippen LogP contribution is -2.50. The van der Waals surface area contributed by atoms with Crippen LogP contribution in [0.5, 0.6) is 0 Å². The minimum absolute atomic E-state index is 0.148. The first-order valence-corrected chi connectivity index (χ1v) is 13.7. The monoisotopic (exact) mass is 552 g/mol. The van der Waals surface area contributed by atoms with Gasteiger partial charge in [-0.3, -0.25) is 19.7 Å². The summed E-state index contributed by atoms with van der Waals surface area (Å²) in [5.41, 5.74) is 5.47. The Kier molecular flexibility index (Phi) is 7.63. The number of fused-ring (bicyclic) bond motifs is 1. The molecular weight excluding hydrogens is 516 g/mol. The van der Waals surface area contributed by atoms with Crippen LogP contribution in [0, 0.1) is 19.8 Å². The molecule has 0 saturated heterocycles. The zero-order valence-electron chi connectivity index (χ0n) is 23.1. The van der Waals surface area contributed by atoms with Crippen molar-refractivity contribution in [1.29, 1.82) is 0 Å². The summed E-state index contributed by atoms with van der Waals surface area (Å²) in [5.74, 6) is -3.96. The molecule has 1 fully saturated rings. The van der Waals surface area contributed by atoms with E-state index in [-0.39, 0.29) is 31.6 Å². The highest BCUT2D eigenvalue weighted by Gasteiger charge is 2.40. The zero-order valence-corrected chi connectivity index (χ0v) is 23.1. The molecule has 2 aromatic heterocycles. The van der Waals surface area contributed by atoms with E-state index in [1.165, 1.54) is 0 Å². The molecule has 5 rings (SSSR count). The van der Waals surface area contributed by atoms with Crippen molar-refractivity contribution >= 4 is 17.5 Å². The molecule has 3 heterocycles. The lowest BCUT2D eigenvalue weighted by molar-refractivity contribution is -0.908. The van der Waals surface area contributed by atoms with Crippen LogP contribution in [0.4, 0.5) is 14.5 Å². The number of aromatic nitrogens is 2. The fourth-order valence-electron chi connectivity index (χ4n) is 5.90. The summed E-state index contributed by atoms with van der Waals surface area (Å²) < 4.78 is 30.9. The van der Waals surface area contributed by atoms with Crippen molar-refractivity contribution in [3.63, 3.8) is 0 Å². The van der Waals surface area contributed by atoms with Crippen molar-refractivity contribution in [3.05, 3.63) is 71.3 Å². The molecule has 10 heteroatoms. The Bertz CT molecular complexity index is 1410. The average Bonchev–Trinajstić information content (AvgIpc) is 3.34. The Morgan fingerprint density at radius 1 is 1.05 bits per heavy atom. The van der Waals surface area contributed by atoms with Crippen LogP contribution < -0.4 is 15.4 Å². The lowest BCUT2D eigenvalue weighted by Gasteiger charge is -2.33. The number of amides is 2. The van der Waals surface area contributed by atoms with E-state index in [2.05, 4.69) is 15.5 Å². The number of aryl methyl sites for hydroxylation is 1.